The summed E-state index contributed by atoms with van der Waals surface area (Å²) in [5.41, 5.74) is -0.0581. The van der Waals surface area contributed by atoms with Crippen LogP contribution in [-0.4, -0.2) is 11.5 Å². The van der Waals surface area contributed by atoms with Crippen molar-refractivity contribution < 1.29 is 18.5 Å². The van der Waals surface area contributed by atoms with Crippen molar-refractivity contribution in [3.8, 4) is 5.75 Å². The topological polar surface area (TPSA) is 72.8 Å². The van der Waals surface area contributed by atoms with Gasteiger partial charge in [0.25, 0.3) is 0 Å². The predicted molar refractivity (Wildman–Crippen MR) is 96.9 cm³/mol. The van der Waals surface area contributed by atoms with Crippen LogP contribution in [0.1, 0.15) is 19.8 Å². The van der Waals surface area contributed by atoms with Crippen LogP contribution < -0.4 is 9.95 Å². The van der Waals surface area contributed by atoms with Gasteiger partial charge in [0, 0.05) is 20.2 Å². The normalized spacial score (nSPS) is 13.9. The molecule has 0 saturated heterocycles. The van der Waals surface area contributed by atoms with Crippen LogP contribution >= 0.6 is 19.2 Å². The number of phosphoric acid groups is 1. The highest BCUT2D eigenvalue weighted by molar-refractivity contribution is 7.47. The molecule has 5 nitrogen and oxygen atoms in total. The van der Waals surface area contributed by atoms with Crippen molar-refractivity contribution in [1.29, 1.82) is 0 Å². The fourth-order valence-corrected chi connectivity index (χ4v) is 4.21. The second-order valence-corrected chi connectivity index (χ2v) is 7.79. The summed E-state index contributed by atoms with van der Waals surface area (Å²) in [4.78, 5) is 22.2. The quantitative estimate of drug-likeness (QED) is 0.390. The van der Waals surface area contributed by atoms with E-state index >= 15 is 0 Å². The molecule has 0 aliphatic heterocycles. The Labute approximate surface area is 143 Å². The first-order valence-corrected chi connectivity index (χ1v) is 9.94. The number of rotatable bonds is 6. The van der Waals surface area contributed by atoms with Crippen molar-refractivity contribution in [1.82, 2.24) is 0 Å². The first kappa shape index (κ1) is 17.1. The molecule has 0 radical (unpaired) electrons. The summed E-state index contributed by atoms with van der Waals surface area (Å²) >= 11 is 1.43. The first-order chi connectivity index (χ1) is 11.5. The summed E-state index contributed by atoms with van der Waals surface area (Å²) in [6, 6.07) is 12.1. The van der Waals surface area contributed by atoms with Crippen LogP contribution in [-0.2, 0) is 9.09 Å². The van der Waals surface area contributed by atoms with Crippen LogP contribution in [0.5, 0.6) is 5.75 Å². The monoisotopic (exact) mass is 364 g/mol. The van der Waals surface area contributed by atoms with Gasteiger partial charge in [-0.05, 0) is 36.8 Å². The first-order valence-electron chi connectivity index (χ1n) is 7.63. The number of unbranched alkanes of at least 4 members (excludes halogenated alkanes) is 1. The predicted octanol–water partition coefficient (Wildman–Crippen LogP) is 4.71. The zero-order chi connectivity index (χ0) is 17.2. The number of fused-ring (bicyclic) bond motifs is 2. The Kier molecular flexibility index (Phi) is 5.01. The molecule has 0 bridgehead atoms. The molecular weight excluding hydrogens is 347 g/mol. The molecular formula is C17H17O5PS. The van der Waals surface area contributed by atoms with E-state index in [0.29, 0.717) is 21.9 Å². The number of hydrogen-bond acceptors (Lipinski definition) is 5. The third kappa shape index (κ3) is 3.68. The summed E-state index contributed by atoms with van der Waals surface area (Å²) in [7, 11) is -4.16. The van der Waals surface area contributed by atoms with Gasteiger partial charge < -0.3 is 4.52 Å². The zero-order valence-electron chi connectivity index (χ0n) is 13.1. The van der Waals surface area contributed by atoms with Crippen LogP contribution in [0.3, 0.4) is 0 Å². The van der Waals surface area contributed by atoms with E-state index in [1.807, 2.05) is 25.1 Å². The number of benzene rings is 2. The summed E-state index contributed by atoms with van der Waals surface area (Å²) < 4.78 is 23.5. The highest BCUT2D eigenvalue weighted by Crippen LogP contribution is 2.44. The lowest BCUT2D eigenvalue weighted by Crippen LogP contribution is -2.02. The summed E-state index contributed by atoms with van der Waals surface area (Å²) in [5, 5.41) is 1.23. The maximum atomic E-state index is 12.5. The third-order valence-corrected chi connectivity index (χ3v) is 5.61. The molecule has 7 heteroatoms. The number of phosphoric ester groups is 1. The van der Waals surface area contributed by atoms with E-state index in [2.05, 4.69) is 0 Å². The fourth-order valence-electron chi connectivity index (χ4n) is 2.32. The molecule has 1 aromatic heterocycles. The van der Waals surface area contributed by atoms with Gasteiger partial charge in [0.15, 0.2) is 5.43 Å². The van der Waals surface area contributed by atoms with E-state index in [1.165, 1.54) is 17.4 Å². The lowest BCUT2D eigenvalue weighted by atomic mass is 10.2. The minimum atomic E-state index is -4.16. The van der Waals surface area contributed by atoms with Crippen molar-refractivity contribution in [2.75, 3.05) is 6.61 Å². The van der Waals surface area contributed by atoms with E-state index in [-0.39, 0.29) is 17.8 Å². The van der Waals surface area contributed by atoms with Crippen molar-refractivity contribution in [3.63, 3.8) is 0 Å². The van der Waals surface area contributed by atoms with Crippen molar-refractivity contribution in [3.05, 3.63) is 52.7 Å². The molecule has 24 heavy (non-hydrogen) atoms. The van der Waals surface area contributed by atoms with E-state index in [4.69, 9.17) is 9.05 Å². The molecule has 3 rings (SSSR count). The summed E-state index contributed by atoms with van der Waals surface area (Å²) in [5.74, 6) is 0.204. The average Bonchev–Trinajstić information content (AvgIpc) is 2.54. The second-order valence-electron chi connectivity index (χ2n) is 5.33. The molecule has 0 aliphatic rings. The minimum absolute atomic E-state index is 0.0581. The smallest absolute Gasteiger partial charge is 0.404 e. The molecule has 126 valence electrons. The van der Waals surface area contributed by atoms with E-state index < -0.39 is 7.82 Å². The van der Waals surface area contributed by atoms with Gasteiger partial charge in [-0.3, -0.25) is 14.2 Å². The summed E-state index contributed by atoms with van der Waals surface area (Å²) in [6.07, 6.45) is 1.54. The van der Waals surface area contributed by atoms with Crippen LogP contribution in [0, 0.1) is 0 Å². The molecule has 0 saturated carbocycles. The van der Waals surface area contributed by atoms with Gasteiger partial charge in [-0.25, -0.2) is 4.57 Å². The van der Waals surface area contributed by atoms with Gasteiger partial charge in [-0.2, -0.15) is 0 Å². The molecule has 0 amide bonds. The zero-order valence-corrected chi connectivity index (χ0v) is 14.8. The van der Waals surface area contributed by atoms with Gasteiger partial charge in [-0.15, -0.1) is 11.3 Å². The summed E-state index contributed by atoms with van der Waals surface area (Å²) in [6.45, 7) is 2.12. The van der Waals surface area contributed by atoms with Crippen LogP contribution in [0.4, 0.5) is 0 Å². The highest BCUT2D eigenvalue weighted by atomic mass is 32.1. The van der Waals surface area contributed by atoms with E-state index in [1.54, 1.807) is 18.2 Å². The lowest BCUT2D eigenvalue weighted by Gasteiger charge is -2.13. The van der Waals surface area contributed by atoms with Gasteiger partial charge in [0.1, 0.15) is 5.75 Å². The third-order valence-electron chi connectivity index (χ3n) is 3.52. The maximum absolute atomic E-state index is 12.5. The van der Waals surface area contributed by atoms with Crippen molar-refractivity contribution in [2.24, 2.45) is 0 Å². The average molecular weight is 364 g/mol. The molecule has 0 aliphatic carbocycles. The van der Waals surface area contributed by atoms with Crippen LogP contribution in [0.25, 0.3) is 20.2 Å². The van der Waals surface area contributed by atoms with E-state index in [0.717, 1.165) is 11.1 Å². The van der Waals surface area contributed by atoms with E-state index in [9.17, 15) is 14.3 Å². The molecule has 1 heterocycles. The Morgan fingerprint density at radius 1 is 1.12 bits per heavy atom. The Hall–Kier alpha value is -1.72. The lowest BCUT2D eigenvalue weighted by molar-refractivity contribution is 0.201. The van der Waals surface area contributed by atoms with Gasteiger partial charge in [0.05, 0.1) is 6.61 Å². The Balaban J connectivity index is 1.95. The van der Waals surface area contributed by atoms with Crippen LogP contribution in [0.15, 0.2) is 47.3 Å². The maximum Gasteiger partial charge on any atom is 0.527 e. The SMILES string of the molecule is CCCCOP(=O)(O)Oc1ccc2c(=O)c3ccccc3sc2c1. The molecule has 1 unspecified atom stereocenters. The highest BCUT2D eigenvalue weighted by Gasteiger charge is 2.22. The van der Waals surface area contributed by atoms with Gasteiger partial charge in [-0.1, -0.05) is 25.5 Å². The molecule has 1 N–H and O–H groups in total. The second kappa shape index (κ2) is 7.03. The fraction of sp³-hybridized carbons (Fsp3) is 0.235. The van der Waals surface area contributed by atoms with Gasteiger partial charge >= 0.3 is 7.82 Å². The Bertz CT molecular complexity index is 982. The van der Waals surface area contributed by atoms with Crippen molar-refractivity contribution >= 4 is 39.3 Å². The molecule has 2 aromatic carbocycles. The van der Waals surface area contributed by atoms with Gasteiger partial charge in [0.2, 0.25) is 0 Å². The number of hydrogen-bond donors (Lipinski definition) is 1. The molecule has 0 spiro atoms. The molecule has 0 fully saturated rings. The molecule has 3 aromatic rings. The Morgan fingerprint density at radius 2 is 1.88 bits per heavy atom. The van der Waals surface area contributed by atoms with Crippen molar-refractivity contribution in [2.45, 2.75) is 19.8 Å². The minimum Gasteiger partial charge on any atom is -0.404 e. The largest absolute Gasteiger partial charge is 0.527 e. The standard InChI is InChI=1S/C17H17O5PS/c1-2-3-10-21-23(19,20)22-12-8-9-14-16(11-12)24-15-7-5-4-6-13(15)17(14)18/h4-9,11H,2-3,10H2,1H3,(H,19,20). The molecule has 1 atom stereocenters. The Morgan fingerprint density at radius 3 is 2.67 bits per heavy atom. The van der Waals surface area contributed by atoms with Crippen LogP contribution in [0.2, 0.25) is 0 Å².